The van der Waals surface area contributed by atoms with Crippen molar-refractivity contribution in [2.75, 3.05) is 62.4 Å². The van der Waals surface area contributed by atoms with E-state index in [4.69, 9.17) is 9.47 Å². The number of carbonyl (C=O) groups is 1. The number of anilines is 2. The minimum Gasteiger partial charge on any atom is -0.378 e. The Morgan fingerprint density at radius 3 is 1.83 bits per heavy atom. The molecule has 2 N–H and O–H groups in total. The summed E-state index contributed by atoms with van der Waals surface area (Å²) in [4.78, 5) is 25.7. The maximum absolute atomic E-state index is 12.8. The minimum atomic E-state index is -3.71. The van der Waals surface area contributed by atoms with Crippen LogP contribution in [0.3, 0.4) is 0 Å². The molecule has 216 valence electrons. The van der Waals surface area contributed by atoms with Crippen LogP contribution in [0.25, 0.3) is 6.08 Å². The number of amides is 1. The molecule has 0 aliphatic carbocycles. The fourth-order valence-electron chi connectivity index (χ4n) is 4.44. The van der Waals surface area contributed by atoms with E-state index < -0.39 is 10.0 Å². The first-order valence-electron chi connectivity index (χ1n) is 13.6. The monoisotopic (exact) mass is 578 g/mol. The van der Waals surface area contributed by atoms with Crippen molar-refractivity contribution in [3.63, 3.8) is 0 Å². The molecule has 11 nitrogen and oxygen atoms in total. The Labute approximate surface area is 240 Å². The molecule has 1 amide bonds. The Bertz CT molecular complexity index is 1420. The summed E-state index contributed by atoms with van der Waals surface area (Å²) in [6, 6.07) is 14.0. The molecule has 0 spiro atoms. The van der Waals surface area contributed by atoms with E-state index >= 15 is 0 Å². The van der Waals surface area contributed by atoms with Gasteiger partial charge in [-0.25, -0.2) is 23.1 Å². The van der Waals surface area contributed by atoms with Crippen LogP contribution >= 0.6 is 0 Å². The van der Waals surface area contributed by atoms with Crippen molar-refractivity contribution < 1.29 is 22.7 Å². The molecule has 2 aliphatic heterocycles. The Morgan fingerprint density at radius 1 is 0.780 bits per heavy atom. The molecule has 0 bridgehead atoms. The highest BCUT2D eigenvalue weighted by Gasteiger charge is 2.15. The topological polar surface area (TPSA) is 126 Å². The first kappa shape index (κ1) is 28.7. The maximum atomic E-state index is 12.8. The van der Waals surface area contributed by atoms with Crippen molar-refractivity contribution >= 4 is 33.6 Å². The van der Waals surface area contributed by atoms with Gasteiger partial charge in [0.05, 0.1) is 31.3 Å². The zero-order valence-electron chi connectivity index (χ0n) is 22.7. The fourth-order valence-corrected chi connectivity index (χ4v) is 5.46. The third-order valence-corrected chi connectivity index (χ3v) is 8.26. The third kappa shape index (κ3) is 8.10. The van der Waals surface area contributed by atoms with Crippen LogP contribution in [0.2, 0.25) is 0 Å². The van der Waals surface area contributed by atoms with Crippen molar-refractivity contribution in [3.8, 4) is 0 Å². The van der Waals surface area contributed by atoms with Crippen molar-refractivity contribution in [2.45, 2.75) is 18.0 Å². The highest BCUT2D eigenvalue weighted by atomic mass is 32.2. The van der Waals surface area contributed by atoms with Gasteiger partial charge in [-0.2, -0.15) is 0 Å². The predicted octanol–water partition coefficient (Wildman–Crippen LogP) is 1.96. The smallest absolute Gasteiger partial charge is 0.244 e. The van der Waals surface area contributed by atoms with E-state index in [9.17, 15) is 13.2 Å². The van der Waals surface area contributed by atoms with Gasteiger partial charge in [0.1, 0.15) is 11.6 Å². The maximum Gasteiger partial charge on any atom is 0.244 e. The van der Waals surface area contributed by atoms with E-state index in [-0.39, 0.29) is 17.3 Å². The van der Waals surface area contributed by atoms with E-state index in [0.717, 1.165) is 48.9 Å². The molecule has 1 aromatic carbocycles. The number of carbonyl (C=O) groups excluding carboxylic acids is 1. The summed E-state index contributed by atoms with van der Waals surface area (Å²) in [6.07, 6.45) is 6.51. The highest BCUT2D eigenvalue weighted by molar-refractivity contribution is 7.89. The molecule has 0 unspecified atom stereocenters. The van der Waals surface area contributed by atoms with Gasteiger partial charge in [0, 0.05) is 57.7 Å². The number of sulfonamides is 1. The molecule has 4 heterocycles. The molecule has 2 saturated heterocycles. The van der Waals surface area contributed by atoms with E-state index in [1.165, 1.54) is 18.2 Å². The first-order chi connectivity index (χ1) is 20.0. The standard InChI is InChI=1S/C29H34N6O5S/c36-29(32-21-24-3-8-27(30-19-24)34-11-15-39-16-12-34)10-5-23-1-6-26(7-2-23)41(37,38)33-22-25-4-9-28(31-20-25)35-13-17-40-18-14-35/h1-10,19-20,33H,11-18,21-22H2,(H,32,36). The van der Waals surface area contributed by atoms with Gasteiger partial charge in [-0.15, -0.1) is 0 Å². The van der Waals surface area contributed by atoms with Crippen LogP contribution in [0, 0.1) is 0 Å². The van der Waals surface area contributed by atoms with Gasteiger partial charge in [0.15, 0.2) is 0 Å². The number of hydrogen-bond acceptors (Lipinski definition) is 9. The molecule has 0 radical (unpaired) electrons. The Kier molecular flexibility index (Phi) is 9.57. The van der Waals surface area contributed by atoms with E-state index in [2.05, 4.69) is 29.8 Å². The predicted molar refractivity (Wildman–Crippen MR) is 156 cm³/mol. The molecular formula is C29H34N6O5S. The second kappa shape index (κ2) is 13.7. The summed E-state index contributed by atoms with van der Waals surface area (Å²) in [6.45, 7) is 6.45. The molecule has 2 aromatic heterocycles. The zero-order valence-corrected chi connectivity index (χ0v) is 23.6. The molecular weight excluding hydrogens is 544 g/mol. The molecule has 2 aliphatic rings. The molecule has 2 fully saturated rings. The normalized spacial score (nSPS) is 16.2. The van der Waals surface area contributed by atoms with Gasteiger partial charge in [0.25, 0.3) is 0 Å². The number of nitrogens with one attached hydrogen (secondary N) is 2. The van der Waals surface area contributed by atoms with Crippen LogP contribution in [-0.2, 0) is 37.4 Å². The lowest BCUT2D eigenvalue weighted by atomic mass is 10.2. The Morgan fingerprint density at radius 2 is 1.32 bits per heavy atom. The third-order valence-electron chi connectivity index (χ3n) is 6.84. The number of benzene rings is 1. The van der Waals surface area contributed by atoms with Crippen molar-refractivity contribution in [1.82, 2.24) is 20.0 Å². The summed E-state index contributed by atoms with van der Waals surface area (Å²) in [5, 5.41) is 2.84. The second-order valence-corrected chi connectivity index (χ2v) is 11.5. The fraction of sp³-hybridized carbons (Fsp3) is 0.345. The lowest BCUT2D eigenvalue weighted by Gasteiger charge is -2.27. The average Bonchev–Trinajstić information content (AvgIpc) is 3.03. The van der Waals surface area contributed by atoms with E-state index in [1.807, 2.05) is 24.3 Å². The summed E-state index contributed by atoms with van der Waals surface area (Å²) in [5.41, 5.74) is 2.37. The van der Waals surface area contributed by atoms with Crippen LogP contribution in [0.1, 0.15) is 16.7 Å². The van der Waals surface area contributed by atoms with Gasteiger partial charge in [0.2, 0.25) is 15.9 Å². The quantitative estimate of drug-likeness (QED) is 0.347. The van der Waals surface area contributed by atoms with Crippen LogP contribution < -0.4 is 19.8 Å². The van der Waals surface area contributed by atoms with E-state index in [0.29, 0.717) is 38.5 Å². The average molecular weight is 579 g/mol. The molecule has 5 rings (SSSR count). The van der Waals surface area contributed by atoms with Gasteiger partial charge < -0.3 is 24.6 Å². The number of aromatic nitrogens is 2. The van der Waals surface area contributed by atoms with Crippen molar-refractivity contribution in [1.29, 1.82) is 0 Å². The molecule has 41 heavy (non-hydrogen) atoms. The summed E-state index contributed by atoms with van der Waals surface area (Å²) < 4.78 is 38.9. The van der Waals surface area contributed by atoms with Gasteiger partial charge in [-0.3, -0.25) is 4.79 Å². The number of nitrogens with zero attached hydrogens (tertiary/aromatic N) is 4. The van der Waals surface area contributed by atoms with Crippen molar-refractivity contribution in [3.05, 3.63) is 83.7 Å². The minimum absolute atomic E-state index is 0.131. The molecule has 3 aromatic rings. The Hall–Kier alpha value is -3.84. The van der Waals surface area contributed by atoms with Crippen LogP contribution in [0.4, 0.5) is 11.6 Å². The Balaban J connectivity index is 1.08. The van der Waals surface area contributed by atoms with Gasteiger partial charge in [-0.1, -0.05) is 24.3 Å². The molecule has 12 heteroatoms. The summed E-state index contributed by atoms with van der Waals surface area (Å²) >= 11 is 0. The van der Waals surface area contributed by atoms with Crippen LogP contribution in [0.5, 0.6) is 0 Å². The highest BCUT2D eigenvalue weighted by Crippen LogP contribution is 2.16. The van der Waals surface area contributed by atoms with Crippen molar-refractivity contribution in [2.24, 2.45) is 0 Å². The lowest BCUT2D eigenvalue weighted by molar-refractivity contribution is -0.116. The van der Waals surface area contributed by atoms with Gasteiger partial charge >= 0.3 is 0 Å². The molecule has 0 atom stereocenters. The summed E-state index contributed by atoms with van der Waals surface area (Å²) in [5.74, 6) is 1.50. The van der Waals surface area contributed by atoms with Gasteiger partial charge in [-0.05, 0) is 47.0 Å². The number of rotatable bonds is 10. The lowest BCUT2D eigenvalue weighted by Crippen LogP contribution is -2.36. The SMILES string of the molecule is O=C(C=Cc1ccc(S(=O)(=O)NCc2ccc(N3CCOCC3)nc2)cc1)NCc1ccc(N2CCOCC2)nc1. The van der Waals surface area contributed by atoms with Crippen LogP contribution in [0.15, 0.2) is 71.9 Å². The summed E-state index contributed by atoms with van der Waals surface area (Å²) in [7, 11) is -3.71. The first-order valence-corrected chi connectivity index (χ1v) is 15.1. The number of hydrogen-bond donors (Lipinski definition) is 2. The number of ether oxygens (including phenoxy) is 2. The second-order valence-electron chi connectivity index (χ2n) is 9.69. The largest absolute Gasteiger partial charge is 0.378 e. The van der Waals surface area contributed by atoms with Crippen LogP contribution in [-0.4, -0.2) is 76.9 Å². The van der Waals surface area contributed by atoms with E-state index in [1.54, 1.807) is 30.6 Å². The molecule has 0 saturated carbocycles. The number of pyridine rings is 2. The zero-order chi connectivity index (χ0) is 28.5. The number of morpholine rings is 2.